The predicted octanol–water partition coefficient (Wildman–Crippen LogP) is 11.9. The molecule has 7 aromatic carbocycles. The molecule has 0 atom stereocenters. The Hall–Kier alpha value is -6.50. The number of aromatic nitrogens is 4. The second kappa shape index (κ2) is 11.6. The normalized spacial score (nSPS) is 11.6. The molecule has 10 rings (SSSR count). The maximum absolute atomic E-state index is 6.49. The lowest BCUT2D eigenvalue weighted by Crippen LogP contribution is -2.01. The van der Waals surface area contributed by atoms with Crippen molar-refractivity contribution in [1.29, 1.82) is 0 Å². The minimum Gasteiger partial charge on any atom is -0.456 e. The van der Waals surface area contributed by atoms with Gasteiger partial charge in [-0.1, -0.05) is 140 Å². The molecule has 234 valence electrons. The van der Waals surface area contributed by atoms with E-state index in [4.69, 9.17) is 24.4 Å². The Morgan fingerprint density at radius 1 is 0.420 bits per heavy atom. The summed E-state index contributed by atoms with van der Waals surface area (Å²) in [6.45, 7) is 0. The van der Waals surface area contributed by atoms with Crippen molar-refractivity contribution in [2.24, 2.45) is 0 Å². The van der Waals surface area contributed by atoms with Crippen LogP contribution in [0.1, 0.15) is 0 Å². The number of hydrogen-bond acceptors (Lipinski definition) is 6. The summed E-state index contributed by atoms with van der Waals surface area (Å²) in [5.74, 6) is 1.75. The van der Waals surface area contributed by atoms with E-state index < -0.39 is 0 Å². The van der Waals surface area contributed by atoms with Crippen molar-refractivity contribution in [1.82, 2.24) is 19.9 Å². The quantitative estimate of drug-likeness (QED) is 0.184. The van der Waals surface area contributed by atoms with E-state index in [9.17, 15) is 0 Å². The fourth-order valence-electron chi connectivity index (χ4n) is 6.71. The highest BCUT2D eigenvalue weighted by Gasteiger charge is 2.23. The minimum atomic E-state index is 0.554. The van der Waals surface area contributed by atoms with Gasteiger partial charge in [-0.15, -0.1) is 11.3 Å². The van der Waals surface area contributed by atoms with Crippen molar-refractivity contribution in [2.75, 3.05) is 0 Å². The van der Waals surface area contributed by atoms with Gasteiger partial charge in [0, 0.05) is 33.5 Å². The molecule has 10 aromatic rings. The molecule has 0 N–H and O–H groups in total. The summed E-state index contributed by atoms with van der Waals surface area (Å²) in [6.07, 6.45) is 0. The molecule has 6 heteroatoms. The van der Waals surface area contributed by atoms with Crippen LogP contribution in [0.2, 0.25) is 0 Å². The average Bonchev–Trinajstić information content (AvgIpc) is 3.79. The van der Waals surface area contributed by atoms with E-state index >= 15 is 0 Å². The van der Waals surface area contributed by atoms with E-state index in [0.717, 1.165) is 70.5 Å². The molecule has 0 bridgehead atoms. The summed E-state index contributed by atoms with van der Waals surface area (Å²) in [4.78, 5) is 20.7. The largest absolute Gasteiger partial charge is 0.456 e. The lowest BCUT2D eigenvalue weighted by atomic mass is 10.0. The number of fused-ring (bicyclic) bond motifs is 5. The molecule has 0 amide bonds. The lowest BCUT2D eigenvalue weighted by Gasteiger charge is -2.10. The van der Waals surface area contributed by atoms with Crippen molar-refractivity contribution >= 4 is 54.3 Å². The van der Waals surface area contributed by atoms with Gasteiger partial charge in [0.2, 0.25) is 0 Å². The van der Waals surface area contributed by atoms with Crippen LogP contribution < -0.4 is 0 Å². The smallest absolute Gasteiger partial charge is 0.167 e. The van der Waals surface area contributed by atoms with Gasteiger partial charge in [-0.2, -0.15) is 0 Å². The SMILES string of the molecule is c1ccc(-c2ccc(-c3nc(-c4ccccc4)nc(-c4c5nc(-c6ccc7ccccc7c6)sc5cc5oc6ccccc6c45)n3)cc2)cc1. The summed E-state index contributed by atoms with van der Waals surface area (Å²) in [5.41, 5.74) is 8.44. The number of furan rings is 1. The maximum atomic E-state index is 6.49. The minimum absolute atomic E-state index is 0.554. The molecular weight excluding hydrogens is 633 g/mol. The molecule has 0 aliphatic carbocycles. The summed E-state index contributed by atoms with van der Waals surface area (Å²) >= 11 is 1.65. The Morgan fingerprint density at radius 2 is 1.00 bits per heavy atom. The first kappa shape index (κ1) is 28.5. The van der Waals surface area contributed by atoms with Gasteiger partial charge >= 0.3 is 0 Å². The van der Waals surface area contributed by atoms with Gasteiger partial charge in [-0.25, -0.2) is 19.9 Å². The molecule has 3 aromatic heterocycles. The van der Waals surface area contributed by atoms with Crippen molar-refractivity contribution < 1.29 is 4.42 Å². The average molecular weight is 659 g/mol. The predicted molar refractivity (Wildman–Crippen MR) is 205 cm³/mol. The van der Waals surface area contributed by atoms with Gasteiger partial charge in [-0.05, 0) is 34.0 Å². The molecule has 0 aliphatic rings. The van der Waals surface area contributed by atoms with Crippen molar-refractivity contribution in [3.8, 4) is 55.9 Å². The van der Waals surface area contributed by atoms with Gasteiger partial charge in [0.05, 0.1) is 15.8 Å². The topological polar surface area (TPSA) is 64.7 Å². The highest BCUT2D eigenvalue weighted by Crippen LogP contribution is 2.44. The molecular formula is C44H26N4OS. The van der Waals surface area contributed by atoms with E-state index in [2.05, 4.69) is 103 Å². The van der Waals surface area contributed by atoms with E-state index in [0.29, 0.717) is 17.5 Å². The monoisotopic (exact) mass is 658 g/mol. The van der Waals surface area contributed by atoms with Gasteiger partial charge in [-0.3, -0.25) is 0 Å². The molecule has 0 spiro atoms. The van der Waals surface area contributed by atoms with E-state index in [1.165, 1.54) is 10.8 Å². The van der Waals surface area contributed by atoms with Crippen LogP contribution in [-0.2, 0) is 0 Å². The second-order valence-corrected chi connectivity index (χ2v) is 13.3. The summed E-state index contributed by atoms with van der Waals surface area (Å²) < 4.78 is 7.49. The first-order valence-corrected chi connectivity index (χ1v) is 17.3. The number of benzene rings is 7. The third kappa shape index (κ3) is 4.85. The van der Waals surface area contributed by atoms with Crippen molar-refractivity contribution in [3.63, 3.8) is 0 Å². The zero-order valence-corrected chi connectivity index (χ0v) is 27.4. The number of rotatable bonds is 5. The van der Waals surface area contributed by atoms with Gasteiger partial charge in [0.1, 0.15) is 16.2 Å². The number of para-hydroxylation sites is 1. The van der Waals surface area contributed by atoms with E-state index in [1.807, 2.05) is 54.6 Å². The van der Waals surface area contributed by atoms with Crippen LogP contribution >= 0.6 is 11.3 Å². The van der Waals surface area contributed by atoms with Crippen LogP contribution in [0.3, 0.4) is 0 Å². The second-order valence-electron chi connectivity index (χ2n) is 12.3. The molecule has 0 saturated carbocycles. The van der Waals surface area contributed by atoms with Crippen LogP contribution in [0, 0.1) is 0 Å². The van der Waals surface area contributed by atoms with E-state index in [-0.39, 0.29) is 0 Å². The van der Waals surface area contributed by atoms with Crippen LogP contribution in [0.15, 0.2) is 162 Å². The molecule has 0 radical (unpaired) electrons. The molecule has 0 aliphatic heterocycles. The summed E-state index contributed by atoms with van der Waals surface area (Å²) in [7, 11) is 0. The molecule has 50 heavy (non-hydrogen) atoms. The third-order valence-corrected chi connectivity index (χ3v) is 10.2. The Bertz CT molecular complexity index is 2860. The van der Waals surface area contributed by atoms with E-state index in [1.54, 1.807) is 11.3 Å². The Morgan fingerprint density at radius 3 is 1.78 bits per heavy atom. The zero-order valence-electron chi connectivity index (χ0n) is 26.6. The Balaban J connectivity index is 1.23. The van der Waals surface area contributed by atoms with Gasteiger partial charge in [0.15, 0.2) is 17.5 Å². The summed E-state index contributed by atoms with van der Waals surface area (Å²) in [6, 6.07) is 54.0. The fourth-order valence-corrected chi connectivity index (χ4v) is 7.71. The molecule has 5 nitrogen and oxygen atoms in total. The van der Waals surface area contributed by atoms with Crippen LogP contribution in [-0.4, -0.2) is 19.9 Å². The number of hydrogen-bond donors (Lipinski definition) is 0. The lowest BCUT2D eigenvalue weighted by molar-refractivity contribution is 0.669. The van der Waals surface area contributed by atoms with Crippen LogP contribution in [0.25, 0.3) is 98.8 Å². The Labute approximate surface area is 291 Å². The summed E-state index contributed by atoms with van der Waals surface area (Å²) in [5, 5.41) is 5.24. The van der Waals surface area contributed by atoms with Gasteiger partial charge < -0.3 is 4.42 Å². The third-order valence-electron chi connectivity index (χ3n) is 9.16. The van der Waals surface area contributed by atoms with Gasteiger partial charge in [0.25, 0.3) is 0 Å². The first-order chi connectivity index (χ1) is 24.7. The number of thiazole rings is 1. The fraction of sp³-hybridized carbons (Fsp3) is 0. The zero-order chi connectivity index (χ0) is 33.0. The highest BCUT2D eigenvalue weighted by atomic mass is 32.1. The van der Waals surface area contributed by atoms with Crippen LogP contribution in [0.4, 0.5) is 0 Å². The maximum Gasteiger partial charge on any atom is 0.167 e. The molecule has 0 unspecified atom stereocenters. The molecule has 0 saturated heterocycles. The molecule has 0 fully saturated rings. The first-order valence-electron chi connectivity index (χ1n) is 16.5. The van der Waals surface area contributed by atoms with Crippen molar-refractivity contribution in [2.45, 2.75) is 0 Å². The van der Waals surface area contributed by atoms with Crippen LogP contribution in [0.5, 0.6) is 0 Å². The number of nitrogens with zero attached hydrogens (tertiary/aromatic N) is 4. The highest BCUT2D eigenvalue weighted by molar-refractivity contribution is 7.21. The van der Waals surface area contributed by atoms with Crippen molar-refractivity contribution in [3.05, 3.63) is 158 Å². The standard InChI is InChI=1S/C44H26N4OS/c1-3-11-27(12-4-1)29-19-22-31(23-20-29)42-46-41(30-14-5-2-6-15-30)47-43(48-42)39-38-34-17-9-10-18-35(34)49-36(38)26-37-40(39)45-44(50-37)33-24-21-28-13-7-8-16-32(28)25-33/h1-26H. The molecule has 3 heterocycles. The Kier molecular flexibility index (Phi) is 6.60.